The van der Waals surface area contributed by atoms with Crippen LogP contribution in [0.5, 0.6) is 0 Å². The molecule has 1 amide bonds. The Morgan fingerprint density at radius 2 is 2.16 bits per heavy atom. The van der Waals surface area contributed by atoms with Gasteiger partial charge in [0.2, 0.25) is 5.91 Å². The smallest absolute Gasteiger partial charge is 0.307 e. The third-order valence-corrected chi connectivity index (χ3v) is 4.26. The standard InChI is InChI=1S/C12H14FNO4S/c1-8(15)9-3-2-4-10(5-9)14-7-11(6-12(14)16)19(13,17)18/h2-5,8,11,15H,6-7H2,1H3. The number of hydrogen-bond acceptors (Lipinski definition) is 4. The molecule has 0 radical (unpaired) electrons. The van der Waals surface area contributed by atoms with Gasteiger partial charge in [-0.2, -0.15) is 8.42 Å². The van der Waals surface area contributed by atoms with Gasteiger partial charge in [0, 0.05) is 18.7 Å². The van der Waals surface area contributed by atoms with Gasteiger partial charge in [0.1, 0.15) is 5.25 Å². The van der Waals surface area contributed by atoms with Crippen molar-refractivity contribution in [3.8, 4) is 0 Å². The van der Waals surface area contributed by atoms with Crippen LogP contribution in [0.15, 0.2) is 24.3 Å². The third kappa shape index (κ3) is 2.93. The van der Waals surface area contributed by atoms with E-state index in [0.29, 0.717) is 11.3 Å². The van der Waals surface area contributed by atoms with E-state index < -0.39 is 27.5 Å². The van der Waals surface area contributed by atoms with Crippen LogP contribution in [0, 0.1) is 0 Å². The van der Waals surface area contributed by atoms with Gasteiger partial charge in [0.25, 0.3) is 0 Å². The monoisotopic (exact) mass is 287 g/mol. The molecule has 1 fully saturated rings. The van der Waals surface area contributed by atoms with Crippen molar-refractivity contribution in [3.05, 3.63) is 29.8 Å². The average Bonchev–Trinajstić information content (AvgIpc) is 2.71. The first-order valence-electron chi connectivity index (χ1n) is 5.81. The first-order valence-corrected chi connectivity index (χ1v) is 7.25. The highest BCUT2D eigenvalue weighted by Gasteiger charge is 2.39. The minimum absolute atomic E-state index is 0.194. The number of hydrogen-bond donors (Lipinski definition) is 1. The molecule has 1 saturated heterocycles. The summed E-state index contributed by atoms with van der Waals surface area (Å²) >= 11 is 0. The number of aliphatic hydroxyl groups excluding tert-OH is 1. The van der Waals surface area contributed by atoms with Gasteiger partial charge in [-0.05, 0) is 24.6 Å². The number of carbonyl (C=O) groups excluding carboxylic acids is 1. The highest BCUT2D eigenvalue weighted by molar-refractivity contribution is 7.87. The lowest BCUT2D eigenvalue weighted by molar-refractivity contribution is -0.117. The van der Waals surface area contributed by atoms with Crippen LogP contribution < -0.4 is 4.90 Å². The Balaban J connectivity index is 2.28. The number of carbonyl (C=O) groups is 1. The average molecular weight is 287 g/mol. The molecule has 2 atom stereocenters. The molecule has 1 heterocycles. The molecule has 0 aromatic heterocycles. The van der Waals surface area contributed by atoms with Crippen molar-refractivity contribution in [2.45, 2.75) is 24.7 Å². The number of anilines is 1. The van der Waals surface area contributed by atoms with E-state index in [-0.39, 0.29) is 13.0 Å². The molecule has 2 unspecified atom stereocenters. The van der Waals surface area contributed by atoms with Crippen molar-refractivity contribution in [2.75, 3.05) is 11.4 Å². The Morgan fingerprint density at radius 1 is 1.47 bits per heavy atom. The number of amides is 1. The van der Waals surface area contributed by atoms with Gasteiger partial charge in [-0.15, -0.1) is 3.89 Å². The summed E-state index contributed by atoms with van der Waals surface area (Å²) in [5.41, 5.74) is 1.08. The number of benzene rings is 1. The molecule has 2 rings (SSSR count). The molecule has 0 aliphatic carbocycles. The lowest BCUT2D eigenvalue weighted by atomic mass is 10.1. The van der Waals surface area contributed by atoms with E-state index in [4.69, 9.17) is 0 Å². The summed E-state index contributed by atoms with van der Waals surface area (Å²) in [4.78, 5) is 13.0. The number of nitrogens with zero attached hydrogens (tertiary/aromatic N) is 1. The Kier molecular flexibility index (Phi) is 3.60. The largest absolute Gasteiger partial charge is 0.389 e. The van der Waals surface area contributed by atoms with Crippen LogP contribution in [0.4, 0.5) is 9.57 Å². The number of halogens is 1. The number of rotatable bonds is 3. The van der Waals surface area contributed by atoms with Gasteiger partial charge in [0.05, 0.1) is 6.10 Å². The first kappa shape index (κ1) is 14.0. The molecule has 1 N–H and O–H groups in total. The van der Waals surface area contributed by atoms with Crippen LogP contribution in [-0.2, 0) is 15.0 Å². The van der Waals surface area contributed by atoms with Crippen LogP contribution in [0.1, 0.15) is 25.0 Å². The van der Waals surface area contributed by atoms with E-state index in [1.807, 2.05) is 0 Å². The van der Waals surface area contributed by atoms with E-state index in [1.165, 1.54) is 4.90 Å². The van der Waals surface area contributed by atoms with Gasteiger partial charge in [0.15, 0.2) is 0 Å². The zero-order valence-electron chi connectivity index (χ0n) is 10.3. The minimum Gasteiger partial charge on any atom is -0.389 e. The maximum atomic E-state index is 12.9. The van der Waals surface area contributed by atoms with Crippen molar-refractivity contribution in [2.24, 2.45) is 0 Å². The van der Waals surface area contributed by atoms with Crippen molar-refractivity contribution < 1.29 is 22.2 Å². The fourth-order valence-electron chi connectivity index (χ4n) is 2.07. The van der Waals surface area contributed by atoms with E-state index in [9.17, 15) is 22.2 Å². The maximum absolute atomic E-state index is 12.9. The highest BCUT2D eigenvalue weighted by atomic mass is 32.3. The molecular formula is C12H14FNO4S. The Morgan fingerprint density at radius 3 is 2.68 bits per heavy atom. The molecule has 1 aliphatic heterocycles. The van der Waals surface area contributed by atoms with Gasteiger partial charge >= 0.3 is 10.2 Å². The fraction of sp³-hybridized carbons (Fsp3) is 0.417. The lowest BCUT2D eigenvalue weighted by Crippen LogP contribution is -2.27. The molecule has 5 nitrogen and oxygen atoms in total. The number of aliphatic hydroxyl groups is 1. The molecule has 19 heavy (non-hydrogen) atoms. The second-order valence-corrected chi connectivity index (χ2v) is 6.19. The first-order chi connectivity index (χ1) is 8.79. The lowest BCUT2D eigenvalue weighted by Gasteiger charge is -2.17. The van der Waals surface area contributed by atoms with Crippen molar-refractivity contribution in [3.63, 3.8) is 0 Å². The molecule has 1 aliphatic rings. The summed E-state index contributed by atoms with van der Waals surface area (Å²) in [5, 5.41) is 8.17. The fourth-order valence-corrected chi connectivity index (χ4v) is 2.73. The molecule has 0 saturated carbocycles. The van der Waals surface area contributed by atoms with Crippen LogP contribution >= 0.6 is 0 Å². The maximum Gasteiger partial charge on any atom is 0.307 e. The SMILES string of the molecule is CC(O)c1cccc(N2CC(S(=O)(=O)F)CC2=O)c1. The topological polar surface area (TPSA) is 74.7 Å². The molecule has 7 heteroatoms. The summed E-state index contributed by atoms with van der Waals surface area (Å²) in [7, 11) is -4.71. The summed E-state index contributed by atoms with van der Waals surface area (Å²) in [6.45, 7) is 1.39. The van der Waals surface area contributed by atoms with Crippen molar-refractivity contribution in [1.82, 2.24) is 0 Å². The molecule has 0 spiro atoms. The van der Waals surface area contributed by atoms with Crippen LogP contribution in [-0.4, -0.2) is 31.2 Å². The van der Waals surface area contributed by atoms with Gasteiger partial charge in [-0.3, -0.25) is 4.79 Å². The summed E-state index contributed by atoms with van der Waals surface area (Å²) in [6.07, 6.45) is -1.05. The minimum atomic E-state index is -4.71. The summed E-state index contributed by atoms with van der Waals surface area (Å²) in [5.74, 6) is -0.436. The molecular weight excluding hydrogens is 273 g/mol. The van der Waals surface area contributed by atoms with Crippen LogP contribution in [0.3, 0.4) is 0 Å². The quantitative estimate of drug-likeness (QED) is 0.846. The van der Waals surface area contributed by atoms with E-state index in [2.05, 4.69) is 0 Å². The summed E-state index contributed by atoms with van der Waals surface area (Å²) < 4.78 is 34.6. The zero-order valence-corrected chi connectivity index (χ0v) is 11.1. The van der Waals surface area contributed by atoms with E-state index >= 15 is 0 Å². The normalized spacial score (nSPS) is 21.7. The van der Waals surface area contributed by atoms with Gasteiger partial charge in [-0.1, -0.05) is 12.1 Å². The van der Waals surface area contributed by atoms with E-state index in [1.54, 1.807) is 31.2 Å². The van der Waals surface area contributed by atoms with Crippen molar-refractivity contribution in [1.29, 1.82) is 0 Å². The van der Waals surface area contributed by atoms with Crippen LogP contribution in [0.25, 0.3) is 0 Å². The second-order valence-electron chi connectivity index (χ2n) is 4.58. The molecule has 1 aromatic rings. The predicted molar refractivity (Wildman–Crippen MR) is 67.9 cm³/mol. The molecule has 1 aromatic carbocycles. The Hall–Kier alpha value is -1.47. The predicted octanol–water partition coefficient (Wildman–Crippen LogP) is 1.14. The van der Waals surface area contributed by atoms with E-state index in [0.717, 1.165) is 0 Å². The van der Waals surface area contributed by atoms with Crippen molar-refractivity contribution >= 4 is 21.8 Å². The highest BCUT2D eigenvalue weighted by Crippen LogP contribution is 2.27. The second kappa shape index (κ2) is 4.90. The third-order valence-electron chi connectivity index (χ3n) is 3.15. The zero-order chi connectivity index (χ0) is 14.2. The van der Waals surface area contributed by atoms with Gasteiger partial charge in [-0.25, -0.2) is 0 Å². The van der Waals surface area contributed by atoms with Crippen LogP contribution in [0.2, 0.25) is 0 Å². The molecule has 104 valence electrons. The Bertz CT molecular complexity index is 600. The Labute approximate surface area is 110 Å². The molecule has 0 bridgehead atoms. The van der Waals surface area contributed by atoms with Gasteiger partial charge < -0.3 is 10.0 Å². The summed E-state index contributed by atoms with van der Waals surface area (Å²) in [6, 6.07) is 6.56.